The molecule has 0 bridgehead atoms. The summed E-state index contributed by atoms with van der Waals surface area (Å²) in [6, 6.07) is 5.32. The third-order valence-corrected chi connectivity index (χ3v) is 3.64. The molecular weight excluding hydrogens is 280 g/mol. The van der Waals surface area contributed by atoms with Gasteiger partial charge in [-0.3, -0.25) is 4.79 Å². The molecule has 2 heterocycles. The lowest BCUT2D eigenvalue weighted by atomic mass is 10.1. The Kier molecular flexibility index (Phi) is 3.36. The summed E-state index contributed by atoms with van der Waals surface area (Å²) in [4.78, 5) is 19.1. The van der Waals surface area contributed by atoms with Gasteiger partial charge in [0.25, 0.3) is 0 Å². The second kappa shape index (κ2) is 5.22. The number of ketones is 1. The molecule has 0 saturated heterocycles. The molecule has 114 valence electrons. The molecule has 0 aliphatic carbocycles. The number of H-pyrrole nitrogens is 1. The second-order valence-corrected chi connectivity index (χ2v) is 5.25. The SMILES string of the molecule is CCNc1cc(-c2nc3ccc(C(C)=O)c(O)c3[nH]2)n(C)c1. The average Bonchev–Trinajstić information content (AvgIpc) is 3.03. The van der Waals surface area contributed by atoms with Crippen molar-refractivity contribution >= 4 is 22.5 Å². The Morgan fingerprint density at radius 3 is 2.91 bits per heavy atom. The summed E-state index contributed by atoms with van der Waals surface area (Å²) in [6.45, 7) is 4.31. The number of carbonyl (C=O) groups excluding carboxylic acids is 1. The number of aromatic amines is 1. The number of aromatic hydroxyl groups is 1. The van der Waals surface area contributed by atoms with Crippen molar-refractivity contribution in [2.45, 2.75) is 13.8 Å². The van der Waals surface area contributed by atoms with Gasteiger partial charge in [-0.25, -0.2) is 4.98 Å². The number of aryl methyl sites for hydroxylation is 1. The minimum atomic E-state index is -0.177. The summed E-state index contributed by atoms with van der Waals surface area (Å²) in [5, 5.41) is 13.5. The number of benzene rings is 1. The predicted octanol–water partition coefficient (Wildman–Crippen LogP) is 2.91. The van der Waals surface area contributed by atoms with Gasteiger partial charge in [-0.1, -0.05) is 0 Å². The number of imidazole rings is 1. The van der Waals surface area contributed by atoms with Crippen LogP contribution in [0.15, 0.2) is 24.4 Å². The summed E-state index contributed by atoms with van der Waals surface area (Å²) in [5.74, 6) is 0.423. The highest BCUT2D eigenvalue weighted by molar-refractivity contribution is 6.02. The third-order valence-electron chi connectivity index (χ3n) is 3.64. The van der Waals surface area contributed by atoms with E-state index < -0.39 is 0 Å². The van der Waals surface area contributed by atoms with Crippen LogP contribution in [-0.4, -0.2) is 32.0 Å². The molecule has 0 atom stereocenters. The van der Waals surface area contributed by atoms with Crippen molar-refractivity contribution in [1.82, 2.24) is 14.5 Å². The van der Waals surface area contributed by atoms with E-state index >= 15 is 0 Å². The topological polar surface area (TPSA) is 82.9 Å². The number of rotatable bonds is 4. The maximum atomic E-state index is 11.5. The standard InChI is InChI=1S/C16H18N4O2/c1-4-17-10-7-13(20(3)8-10)16-18-12-6-5-11(9(2)21)15(22)14(12)19-16/h5-8,17,22H,4H2,1-3H3,(H,18,19). The normalized spacial score (nSPS) is 11.0. The van der Waals surface area contributed by atoms with E-state index in [0.717, 1.165) is 17.9 Å². The van der Waals surface area contributed by atoms with E-state index in [-0.39, 0.29) is 11.5 Å². The number of anilines is 1. The van der Waals surface area contributed by atoms with Crippen LogP contribution in [0.2, 0.25) is 0 Å². The first-order chi connectivity index (χ1) is 10.5. The molecule has 3 N–H and O–H groups in total. The number of carbonyl (C=O) groups is 1. The van der Waals surface area contributed by atoms with Gasteiger partial charge in [0.05, 0.1) is 22.5 Å². The number of nitrogens with zero attached hydrogens (tertiary/aromatic N) is 2. The number of fused-ring (bicyclic) bond motifs is 1. The molecule has 0 spiro atoms. The van der Waals surface area contributed by atoms with Gasteiger partial charge in [0.1, 0.15) is 5.52 Å². The molecule has 3 rings (SSSR count). The van der Waals surface area contributed by atoms with E-state index in [2.05, 4.69) is 15.3 Å². The molecule has 0 fully saturated rings. The lowest BCUT2D eigenvalue weighted by Crippen LogP contribution is -1.94. The number of nitrogens with one attached hydrogen (secondary N) is 2. The Balaban J connectivity index is 2.13. The van der Waals surface area contributed by atoms with E-state index in [1.165, 1.54) is 6.92 Å². The molecule has 22 heavy (non-hydrogen) atoms. The van der Waals surface area contributed by atoms with E-state index in [9.17, 15) is 9.90 Å². The predicted molar refractivity (Wildman–Crippen MR) is 86.3 cm³/mol. The van der Waals surface area contributed by atoms with Crippen molar-refractivity contribution in [1.29, 1.82) is 0 Å². The van der Waals surface area contributed by atoms with Crippen LogP contribution in [0.5, 0.6) is 5.75 Å². The quantitative estimate of drug-likeness (QED) is 0.647. The number of hydrogen-bond donors (Lipinski definition) is 3. The second-order valence-electron chi connectivity index (χ2n) is 5.25. The highest BCUT2D eigenvalue weighted by Crippen LogP contribution is 2.31. The molecular formula is C16H18N4O2. The summed E-state index contributed by atoms with van der Waals surface area (Å²) in [7, 11) is 1.93. The molecule has 0 radical (unpaired) electrons. The first-order valence-corrected chi connectivity index (χ1v) is 7.14. The molecule has 1 aromatic carbocycles. The highest BCUT2D eigenvalue weighted by Gasteiger charge is 2.16. The molecule has 0 saturated carbocycles. The van der Waals surface area contributed by atoms with Crippen LogP contribution in [0.4, 0.5) is 5.69 Å². The Bertz CT molecular complexity index is 861. The van der Waals surface area contributed by atoms with Crippen molar-refractivity contribution in [3.05, 3.63) is 30.0 Å². The summed E-state index contributed by atoms with van der Waals surface area (Å²) < 4.78 is 1.96. The highest BCUT2D eigenvalue weighted by atomic mass is 16.3. The van der Waals surface area contributed by atoms with Crippen LogP contribution in [-0.2, 0) is 7.05 Å². The molecule has 0 aliphatic rings. The molecule has 2 aromatic heterocycles. The lowest BCUT2D eigenvalue weighted by molar-refractivity contribution is 0.101. The van der Waals surface area contributed by atoms with Crippen LogP contribution in [0.3, 0.4) is 0 Å². The largest absolute Gasteiger partial charge is 0.505 e. The maximum absolute atomic E-state index is 11.5. The van der Waals surface area contributed by atoms with Crippen molar-refractivity contribution < 1.29 is 9.90 Å². The number of hydrogen-bond acceptors (Lipinski definition) is 4. The zero-order valence-electron chi connectivity index (χ0n) is 12.8. The van der Waals surface area contributed by atoms with Gasteiger partial charge in [0, 0.05) is 19.8 Å². The van der Waals surface area contributed by atoms with Crippen LogP contribution in [0, 0.1) is 0 Å². The molecule has 0 unspecified atom stereocenters. The number of Topliss-reactive ketones (excluding diaryl/α,β-unsaturated/α-hetero) is 1. The van der Waals surface area contributed by atoms with E-state index in [1.54, 1.807) is 12.1 Å². The molecule has 0 amide bonds. The van der Waals surface area contributed by atoms with Gasteiger partial charge in [-0.2, -0.15) is 0 Å². The fraction of sp³-hybridized carbons (Fsp3) is 0.250. The fourth-order valence-electron chi connectivity index (χ4n) is 2.57. The van der Waals surface area contributed by atoms with Gasteiger partial charge in [-0.15, -0.1) is 0 Å². The van der Waals surface area contributed by atoms with Crippen LogP contribution in [0.25, 0.3) is 22.6 Å². The van der Waals surface area contributed by atoms with Crippen molar-refractivity contribution in [3.8, 4) is 17.3 Å². The molecule has 3 aromatic rings. The van der Waals surface area contributed by atoms with Crippen LogP contribution >= 0.6 is 0 Å². The first-order valence-electron chi connectivity index (χ1n) is 7.14. The summed E-state index contributed by atoms with van der Waals surface area (Å²) in [5.41, 5.74) is 3.31. The number of phenolic OH excluding ortho intramolecular Hbond substituents is 1. The lowest BCUT2D eigenvalue weighted by Gasteiger charge is -2.00. The first kappa shape index (κ1) is 14.2. The monoisotopic (exact) mass is 298 g/mol. The van der Waals surface area contributed by atoms with Crippen molar-refractivity contribution in [2.75, 3.05) is 11.9 Å². The van der Waals surface area contributed by atoms with E-state index in [1.807, 2.05) is 30.8 Å². The van der Waals surface area contributed by atoms with Crippen LogP contribution in [0.1, 0.15) is 24.2 Å². The smallest absolute Gasteiger partial charge is 0.163 e. The molecule has 0 aliphatic heterocycles. The van der Waals surface area contributed by atoms with Crippen molar-refractivity contribution in [2.24, 2.45) is 7.05 Å². The Hall–Kier alpha value is -2.76. The van der Waals surface area contributed by atoms with Gasteiger partial charge in [0.2, 0.25) is 0 Å². The van der Waals surface area contributed by atoms with Gasteiger partial charge in [-0.05, 0) is 32.0 Å². The fourth-order valence-corrected chi connectivity index (χ4v) is 2.57. The number of phenols is 1. The number of aromatic nitrogens is 3. The average molecular weight is 298 g/mol. The minimum absolute atomic E-state index is 0.0511. The van der Waals surface area contributed by atoms with E-state index in [0.29, 0.717) is 22.4 Å². The Morgan fingerprint density at radius 2 is 2.23 bits per heavy atom. The van der Waals surface area contributed by atoms with Crippen molar-refractivity contribution in [3.63, 3.8) is 0 Å². The Morgan fingerprint density at radius 1 is 1.45 bits per heavy atom. The summed E-state index contributed by atoms with van der Waals surface area (Å²) >= 11 is 0. The zero-order valence-corrected chi connectivity index (χ0v) is 12.8. The van der Waals surface area contributed by atoms with Gasteiger partial charge >= 0.3 is 0 Å². The van der Waals surface area contributed by atoms with Gasteiger partial charge < -0.3 is 20.0 Å². The van der Waals surface area contributed by atoms with E-state index in [4.69, 9.17) is 0 Å². The molecule has 6 heteroatoms. The van der Waals surface area contributed by atoms with Gasteiger partial charge in [0.15, 0.2) is 17.4 Å². The van der Waals surface area contributed by atoms with Crippen LogP contribution < -0.4 is 5.32 Å². The summed E-state index contributed by atoms with van der Waals surface area (Å²) in [6.07, 6.45) is 1.98. The maximum Gasteiger partial charge on any atom is 0.163 e. The third kappa shape index (κ3) is 2.22. The molecule has 6 nitrogen and oxygen atoms in total. The zero-order chi connectivity index (χ0) is 15.9. The Labute approximate surface area is 127 Å². The minimum Gasteiger partial charge on any atom is -0.505 e.